The number of hydrogen-bond acceptors (Lipinski definition) is 4. The van der Waals surface area contributed by atoms with Crippen LogP contribution in [0.3, 0.4) is 0 Å². The van der Waals surface area contributed by atoms with Crippen LogP contribution in [0.25, 0.3) is 0 Å². The summed E-state index contributed by atoms with van der Waals surface area (Å²) in [6, 6.07) is 11.0. The molecule has 0 saturated heterocycles. The standard InChI is InChI=1S/C21H23FN2O4/c1-27-10-4-9-23-20(25)15-11-14-12-16(7-8-19(14)28-13-15)24-21(26)17-5-2-3-6-18(17)22/h2-3,5-8,12,15H,4,9-11,13H2,1H3,(H,23,25)(H,24,26)/t15-/m1/s1. The minimum Gasteiger partial charge on any atom is -0.492 e. The fourth-order valence-corrected chi connectivity index (χ4v) is 3.06. The molecular weight excluding hydrogens is 363 g/mol. The monoisotopic (exact) mass is 386 g/mol. The van der Waals surface area contributed by atoms with Crippen LogP contribution < -0.4 is 15.4 Å². The molecule has 1 heterocycles. The molecule has 3 rings (SSSR count). The zero-order chi connectivity index (χ0) is 19.9. The van der Waals surface area contributed by atoms with Gasteiger partial charge in [-0.1, -0.05) is 12.1 Å². The lowest BCUT2D eigenvalue weighted by molar-refractivity contribution is -0.126. The Kier molecular flexibility index (Phi) is 6.60. The van der Waals surface area contributed by atoms with Crippen molar-refractivity contribution in [1.82, 2.24) is 5.32 Å². The molecule has 1 aliphatic rings. The number of carbonyl (C=O) groups excluding carboxylic acids is 2. The van der Waals surface area contributed by atoms with Crippen LogP contribution in [0.15, 0.2) is 42.5 Å². The van der Waals surface area contributed by atoms with Crippen LogP contribution in [0, 0.1) is 11.7 Å². The van der Waals surface area contributed by atoms with Crippen molar-refractivity contribution in [2.24, 2.45) is 5.92 Å². The largest absolute Gasteiger partial charge is 0.492 e. The van der Waals surface area contributed by atoms with Gasteiger partial charge in [0.15, 0.2) is 0 Å². The van der Waals surface area contributed by atoms with Gasteiger partial charge in [0, 0.05) is 25.9 Å². The van der Waals surface area contributed by atoms with E-state index in [2.05, 4.69) is 10.6 Å². The van der Waals surface area contributed by atoms with E-state index in [1.165, 1.54) is 18.2 Å². The van der Waals surface area contributed by atoms with Crippen LogP contribution in [-0.2, 0) is 16.0 Å². The Balaban J connectivity index is 1.64. The quantitative estimate of drug-likeness (QED) is 0.718. The molecule has 148 valence electrons. The van der Waals surface area contributed by atoms with E-state index in [-0.39, 0.29) is 17.4 Å². The second-order valence-electron chi connectivity index (χ2n) is 6.61. The van der Waals surface area contributed by atoms with Crippen LogP contribution in [0.2, 0.25) is 0 Å². The summed E-state index contributed by atoms with van der Waals surface area (Å²) in [6.07, 6.45) is 1.26. The molecule has 2 aromatic rings. The maximum absolute atomic E-state index is 13.8. The molecule has 1 aliphatic heterocycles. The van der Waals surface area contributed by atoms with Crippen molar-refractivity contribution < 1.29 is 23.5 Å². The summed E-state index contributed by atoms with van der Waals surface area (Å²) in [5.41, 5.74) is 1.33. The number of anilines is 1. The highest BCUT2D eigenvalue weighted by Gasteiger charge is 2.26. The third-order valence-corrected chi connectivity index (χ3v) is 4.54. The fraction of sp³-hybridized carbons (Fsp3) is 0.333. The summed E-state index contributed by atoms with van der Waals surface area (Å²) in [4.78, 5) is 24.6. The number of fused-ring (bicyclic) bond motifs is 1. The van der Waals surface area contributed by atoms with Gasteiger partial charge in [-0.05, 0) is 48.7 Å². The third kappa shape index (κ3) is 4.86. The molecule has 2 amide bonds. The van der Waals surface area contributed by atoms with Gasteiger partial charge in [-0.25, -0.2) is 4.39 Å². The van der Waals surface area contributed by atoms with Gasteiger partial charge < -0.3 is 20.1 Å². The van der Waals surface area contributed by atoms with Gasteiger partial charge in [-0.3, -0.25) is 9.59 Å². The molecule has 0 radical (unpaired) electrons. The summed E-state index contributed by atoms with van der Waals surface area (Å²) in [5, 5.41) is 5.57. The number of benzene rings is 2. The van der Waals surface area contributed by atoms with E-state index in [4.69, 9.17) is 9.47 Å². The third-order valence-electron chi connectivity index (χ3n) is 4.54. The lowest BCUT2D eigenvalue weighted by Crippen LogP contribution is -2.38. The van der Waals surface area contributed by atoms with Crippen molar-refractivity contribution in [2.45, 2.75) is 12.8 Å². The van der Waals surface area contributed by atoms with E-state index in [1.54, 1.807) is 31.4 Å². The Hall–Kier alpha value is -2.93. The fourth-order valence-electron chi connectivity index (χ4n) is 3.06. The normalized spacial score (nSPS) is 15.3. The minimum absolute atomic E-state index is 0.0233. The second kappa shape index (κ2) is 9.32. The van der Waals surface area contributed by atoms with Crippen molar-refractivity contribution in [2.75, 3.05) is 32.2 Å². The Morgan fingerprint density at radius 2 is 2.07 bits per heavy atom. The summed E-state index contributed by atoms with van der Waals surface area (Å²) < 4.78 is 24.4. The van der Waals surface area contributed by atoms with Crippen LogP contribution in [0.5, 0.6) is 5.75 Å². The SMILES string of the molecule is COCCCNC(=O)[C@H]1COc2ccc(NC(=O)c3ccccc3F)cc2C1. The van der Waals surface area contributed by atoms with Gasteiger partial charge in [-0.2, -0.15) is 0 Å². The van der Waals surface area contributed by atoms with Crippen LogP contribution in [-0.4, -0.2) is 38.7 Å². The number of rotatable bonds is 7. The predicted molar refractivity (Wildman–Crippen MR) is 103 cm³/mol. The smallest absolute Gasteiger partial charge is 0.258 e. The number of amides is 2. The summed E-state index contributed by atoms with van der Waals surface area (Å²) in [6.45, 7) is 1.45. The molecule has 0 fully saturated rings. The molecule has 2 aromatic carbocycles. The van der Waals surface area contributed by atoms with Crippen molar-refractivity contribution in [3.63, 3.8) is 0 Å². The average molecular weight is 386 g/mol. The lowest BCUT2D eigenvalue weighted by atomic mass is 9.95. The van der Waals surface area contributed by atoms with Crippen LogP contribution in [0.4, 0.5) is 10.1 Å². The maximum atomic E-state index is 13.8. The van der Waals surface area contributed by atoms with Crippen molar-refractivity contribution >= 4 is 17.5 Å². The first-order valence-corrected chi connectivity index (χ1v) is 9.16. The minimum atomic E-state index is -0.577. The molecule has 0 aromatic heterocycles. The number of ether oxygens (including phenoxy) is 2. The zero-order valence-corrected chi connectivity index (χ0v) is 15.7. The topological polar surface area (TPSA) is 76.7 Å². The maximum Gasteiger partial charge on any atom is 0.258 e. The first-order chi connectivity index (χ1) is 13.6. The van der Waals surface area contributed by atoms with E-state index >= 15 is 0 Å². The number of halogens is 1. The molecule has 7 heteroatoms. The van der Waals surface area contributed by atoms with E-state index in [1.807, 2.05) is 0 Å². The van der Waals surface area contributed by atoms with Gasteiger partial charge in [0.2, 0.25) is 5.91 Å². The number of carbonyl (C=O) groups is 2. The van der Waals surface area contributed by atoms with Gasteiger partial charge in [-0.15, -0.1) is 0 Å². The molecule has 0 unspecified atom stereocenters. The van der Waals surface area contributed by atoms with E-state index in [9.17, 15) is 14.0 Å². The van der Waals surface area contributed by atoms with E-state index in [0.717, 1.165) is 12.0 Å². The molecule has 28 heavy (non-hydrogen) atoms. The zero-order valence-electron chi connectivity index (χ0n) is 15.7. The Morgan fingerprint density at radius 3 is 2.86 bits per heavy atom. The predicted octanol–water partition coefficient (Wildman–Crippen LogP) is 2.78. The van der Waals surface area contributed by atoms with Crippen molar-refractivity contribution in [1.29, 1.82) is 0 Å². The molecule has 0 saturated carbocycles. The van der Waals surface area contributed by atoms with Crippen LogP contribution >= 0.6 is 0 Å². The average Bonchev–Trinajstić information content (AvgIpc) is 2.70. The van der Waals surface area contributed by atoms with Crippen LogP contribution in [0.1, 0.15) is 22.3 Å². The Bertz CT molecular complexity index is 856. The molecule has 0 bridgehead atoms. The first kappa shape index (κ1) is 19.8. The van der Waals surface area contributed by atoms with Gasteiger partial charge in [0.1, 0.15) is 18.2 Å². The van der Waals surface area contributed by atoms with Gasteiger partial charge in [0.25, 0.3) is 5.91 Å². The van der Waals surface area contributed by atoms with Crippen molar-refractivity contribution in [3.8, 4) is 5.75 Å². The molecule has 6 nitrogen and oxygen atoms in total. The Morgan fingerprint density at radius 1 is 1.25 bits per heavy atom. The molecule has 0 aliphatic carbocycles. The molecular formula is C21H23FN2O4. The van der Waals surface area contributed by atoms with Crippen molar-refractivity contribution in [3.05, 3.63) is 59.4 Å². The second-order valence-corrected chi connectivity index (χ2v) is 6.61. The summed E-state index contributed by atoms with van der Waals surface area (Å²) in [7, 11) is 1.62. The van der Waals surface area contributed by atoms with E-state index in [0.29, 0.717) is 37.6 Å². The molecule has 2 N–H and O–H groups in total. The lowest BCUT2D eigenvalue weighted by Gasteiger charge is -2.25. The highest BCUT2D eigenvalue weighted by atomic mass is 19.1. The highest BCUT2D eigenvalue weighted by Crippen LogP contribution is 2.30. The first-order valence-electron chi connectivity index (χ1n) is 9.16. The summed E-state index contributed by atoms with van der Waals surface area (Å²) >= 11 is 0. The van der Waals surface area contributed by atoms with Gasteiger partial charge in [0.05, 0.1) is 11.5 Å². The van der Waals surface area contributed by atoms with Gasteiger partial charge >= 0.3 is 0 Å². The Labute approximate surface area is 163 Å². The number of nitrogens with one attached hydrogen (secondary N) is 2. The number of methoxy groups -OCH3 is 1. The molecule has 0 spiro atoms. The molecule has 1 atom stereocenters. The highest BCUT2D eigenvalue weighted by molar-refractivity contribution is 6.04. The summed E-state index contributed by atoms with van der Waals surface area (Å²) in [5.74, 6) is -0.781. The number of hydrogen-bond donors (Lipinski definition) is 2. The van der Waals surface area contributed by atoms with E-state index < -0.39 is 11.7 Å².